The summed E-state index contributed by atoms with van der Waals surface area (Å²) in [5.41, 5.74) is 0.985. The van der Waals surface area contributed by atoms with Crippen molar-refractivity contribution in [3.05, 3.63) is 29.6 Å². The predicted octanol–water partition coefficient (Wildman–Crippen LogP) is 2.64. The fraction of sp³-hybridized carbons (Fsp3) is 0.500. The third kappa shape index (κ3) is 2.88. The fourth-order valence-electron chi connectivity index (χ4n) is 2.03. The Labute approximate surface area is 107 Å². The second-order valence-electron chi connectivity index (χ2n) is 4.64. The Morgan fingerprint density at radius 3 is 2.72 bits per heavy atom. The number of hydrogen-bond acceptors (Lipinski definition) is 3. The van der Waals surface area contributed by atoms with Crippen LogP contribution in [0.2, 0.25) is 0 Å². The molecular formula is C14H18FNO2. The van der Waals surface area contributed by atoms with E-state index in [1.807, 2.05) is 4.90 Å². The smallest absolute Gasteiger partial charge is 0.159 e. The number of Topliss-reactive ketones (excluding diaryl/α,β-unsaturated/α-hetero) is 1. The molecule has 4 heteroatoms. The van der Waals surface area contributed by atoms with Crippen molar-refractivity contribution < 1.29 is 13.9 Å². The van der Waals surface area contributed by atoms with Crippen molar-refractivity contribution in [3.8, 4) is 0 Å². The van der Waals surface area contributed by atoms with E-state index >= 15 is 0 Å². The van der Waals surface area contributed by atoms with Gasteiger partial charge in [-0.25, -0.2) is 4.39 Å². The second kappa shape index (κ2) is 5.48. The van der Waals surface area contributed by atoms with Crippen molar-refractivity contribution in [2.24, 2.45) is 0 Å². The molecule has 3 nitrogen and oxygen atoms in total. The van der Waals surface area contributed by atoms with E-state index in [2.05, 4.69) is 0 Å². The van der Waals surface area contributed by atoms with Crippen LogP contribution in [0.4, 0.5) is 10.1 Å². The Morgan fingerprint density at radius 1 is 1.50 bits per heavy atom. The molecule has 2 rings (SSSR count). The molecule has 98 valence electrons. The molecule has 0 heterocycles. The van der Waals surface area contributed by atoms with E-state index in [-0.39, 0.29) is 11.6 Å². The minimum Gasteiger partial charge on any atom is -0.383 e. The Balaban J connectivity index is 2.21. The standard InChI is InChI=1S/C14H18FNO2/c1-10(17)11-3-6-14(13(15)9-11)16(7-8-18-2)12-4-5-12/h3,6,9,12H,4-5,7-8H2,1-2H3. The highest BCUT2D eigenvalue weighted by atomic mass is 19.1. The molecule has 0 aromatic heterocycles. The van der Waals surface area contributed by atoms with E-state index in [1.54, 1.807) is 19.2 Å². The summed E-state index contributed by atoms with van der Waals surface area (Å²) in [5.74, 6) is -0.444. The van der Waals surface area contributed by atoms with E-state index < -0.39 is 0 Å². The molecular weight excluding hydrogens is 233 g/mol. The van der Waals surface area contributed by atoms with Gasteiger partial charge in [-0.1, -0.05) is 0 Å². The summed E-state index contributed by atoms with van der Waals surface area (Å²) >= 11 is 0. The molecule has 1 aromatic carbocycles. The number of methoxy groups -OCH3 is 1. The third-order valence-electron chi connectivity index (χ3n) is 3.19. The van der Waals surface area contributed by atoms with Gasteiger partial charge in [-0.2, -0.15) is 0 Å². The second-order valence-corrected chi connectivity index (χ2v) is 4.64. The molecule has 0 N–H and O–H groups in total. The first kappa shape index (κ1) is 13.0. The molecule has 0 saturated heterocycles. The average molecular weight is 251 g/mol. The zero-order chi connectivity index (χ0) is 13.1. The highest BCUT2D eigenvalue weighted by molar-refractivity contribution is 5.94. The topological polar surface area (TPSA) is 29.5 Å². The van der Waals surface area contributed by atoms with Crippen molar-refractivity contribution in [2.45, 2.75) is 25.8 Å². The van der Waals surface area contributed by atoms with Gasteiger partial charge in [-0.15, -0.1) is 0 Å². The van der Waals surface area contributed by atoms with Crippen molar-refractivity contribution in [1.29, 1.82) is 0 Å². The van der Waals surface area contributed by atoms with Gasteiger partial charge in [-0.3, -0.25) is 4.79 Å². The van der Waals surface area contributed by atoms with Crippen LogP contribution in [-0.4, -0.2) is 32.1 Å². The van der Waals surface area contributed by atoms with Gasteiger partial charge in [-0.05, 0) is 38.0 Å². The summed E-state index contributed by atoms with van der Waals surface area (Å²) in [5, 5.41) is 0. The highest BCUT2D eigenvalue weighted by Gasteiger charge is 2.30. The number of hydrogen-bond donors (Lipinski definition) is 0. The number of rotatable bonds is 6. The number of benzene rings is 1. The normalized spacial score (nSPS) is 14.6. The number of ketones is 1. The van der Waals surface area contributed by atoms with Crippen molar-refractivity contribution in [1.82, 2.24) is 0 Å². The molecule has 0 bridgehead atoms. The Kier molecular flexibility index (Phi) is 3.97. The Bertz CT molecular complexity index is 443. The largest absolute Gasteiger partial charge is 0.383 e. The Hall–Kier alpha value is -1.42. The molecule has 1 fully saturated rings. The van der Waals surface area contributed by atoms with Crippen LogP contribution in [-0.2, 0) is 4.74 Å². The number of carbonyl (C=O) groups excluding carboxylic acids is 1. The highest BCUT2D eigenvalue weighted by Crippen LogP contribution is 2.33. The minimum atomic E-state index is -0.328. The van der Waals surface area contributed by atoms with Crippen LogP contribution in [0.25, 0.3) is 0 Å². The van der Waals surface area contributed by atoms with Gasteiger partial charge < -0.3 is 9.64 Å². The monoisotopic (exact) mass is 251 g/mol. The van der Waals surface area contributed by atoms with Gasteiger partial charge in [0.15, 0.2) is 5.78 Å². The lowest BCUT2D eigenvalue weighted by molar-refractivity contribution is 0.101. The van der Waals surface area contributed by atoms with E-state index in [0.717, 1.165) is 12.8 Å². The SMILES string of the molecule is COCCN(c1ccc(C(C)=O)cc1F)C1CC1. The number of carbonyl (C=O) groups is 1. The lowest BCUT2D eigenvalue weighted by atomic mass is 10.1. The predicted molar refractivity (Wildman–Crippen MR) is 68.6 cm³/mol. The Morgan fingerprint density at radius 2 is 2.22 bits per heavy atom. The van der Waals surface area contributed by atoms with Crippen LogP contribution < -0.4 is 4.90 Å². The zero-order valence-corrected chi connectivity index (χ0v) is 10.8. The summed E-state index contributed by atoms with van der Waals surface area (Å²) in [6.07, 6.45) is 2.19. The number of ether oxygens (including phenoxy) is 1. The molecule has 18 heavy (non-hydrogen) atoms. The maximum atomic E-state index is 14.0. The van der Waals surface area contributed by atoms with Crippen LogP contribution in [0.1, 0.15) is 30.1 Å². The molecule has 0 amide bonds. The maximum Gasteiger partial charge on any atom is 0.159 e. The van der Waals surface area contributed by atoms with Gasteiger partial charge >= 0.3 is 0 Å². The molecule has 1 aliphatic rings. The quantitative estimate of drug-likeness (QED) is 0.728. The van der Waals surface area contributed by atoms with Crippen LogP contribution in [0.5, 0.6) is 0 Å². The molecule has 0 atom stereocenters. The lowest BCUT2D eigenvalue weighted by Gasteiger charge is -2.25. The minimum absolute atomic E-state index is 0.115. The van der Waals surface area contributed by atoms with Gasteiger partial charge in [0.25, 0.3) is 0 Å². The van der Waals surface area contributed by atoms with Crippen LogP contribution >= 0.6 is 0 Å². The van der Waals surface area contributed by atoms with Gasteiger partial charge in [0.1, 0.15) is 5.82 Å². The maximum absolute atomic E-state index is 14.0. The van der Waals surface area contributed by atoms with E-state index in [4.69, 9.17) is 4.74 Å². The van der Waals surface area contributed by atoms with Gasteiger partial charge in [0.05, 0.1) is 12.3 Å². The van der Waals surface area contributed by atoms with Crippen LogP contribution in [0.15, 0.2) is 18.2 Å². The van der Waals surface area contributed by atoms with Gasteiger partial charge in [0, 0.05) is 25.3 Å². The average Bonchev–Trinajstić information content (AvgIpc) is 3.15. The van der Waals surface area contributed by atoms with E-state index in [9.17, 15) is 9.18 Å². The lowest BCUT2D eigenvalue weighted by Crippen LogP contribution is -2.30. The van der Waals surface area contributed by atoms with Gasteiger partial charge in [0.2, 0.25) is 0 Å². The zero-order valence-electron chi connectivity index (χ0n) is 10.8. The summed E-state index contributed by atoms with van der Waals surface area (Å²) < 4.78 is 19.1. The third-order valence-corrected chi connectivity index (χ3v) is 3.19. The first-order valence-electron chi connectivity index (χ1n) is 6.19. The number of nitrogens with zero attached hydrogens (tertiary/aromatic N) is 1. The molecule has 0 unspecified atom stereocenters. The van der Waals surface area contributed by atoms with Crippen molar-refractivity contribution >= 4 is 11.5 Å². The van der Waals surface area contributed by atoms with Crippen LogP contribution in [0.3, 0.4) is 0 Å². The summed E-state index contributed by atoms with van der Waals surface area (Å²) in [4.78, 5) is 13.2. The van der Waals surface area contributed by atoms with E-state index in [1.165, 1.54) is 13.0 Å². The fourth-order valence-corrected chi connectivity index (χ4v) is 2.03. The molecule has 0 radical (unpaired) electrons. The summed E-state index contributed by atoms with van der Waals surface area (Å²) in [7, 11) is 1.64. The first-order valence-corrected chi connectivity index (χ1v) is 6.19. The molecule has 1 aliphatic carbocycles. The molecule has 1 aromatic rings. The van der Waals surface area contributed by atoms with E-state index in [0.29, 0.717) is 30.4 Å². The molecule has 1 saturated carbocycles. The van der Waals surface area contributed by atoms with Crippen molar-refractivity contribution in [3.63, 3.8) is 0 Å². The summed E-state index contributed by atoms with van der Waals surface area (Å²) in [6.45, 7) is 2.69. The number of anilines is 1. The van der Waals surface area contributed by atoms with Crippen LogP contribution in [0, 0.1) is 5.82 Å². The summed E-state index contributed by atoms with van der Waals surface area (Å²) in [6, 6.07) is 5.11. The van der Waals surface area contributed by atoms with Crippen molar-refractivity contribution in [2.75, 3.05) is 25.2 Å². The molecule has 0 aliphatic heterocycles. The first-order chi connectivity index (χ1) is 8.63. The number of halogens is 1. The molecule has 0 spiro atoms.